The zero-order valence-corrected chi connectivity index (χ0v) is 7.14. The van der Waals surface area contributed by atoms with Crippen molar-refractivity contribution in [2.75, 3.05) is 11.5 Å². The summed E-state index contributed by atoms with van der Waals surface area (Å²) in [5, 5.41) is 7.92. The van der Waals surface area contributed by atoms with Crippen LogP contribution >= 0.6 is 0 Å². The third-order valence-electron chi connectivity index (χ3n) is 0.958. The van der Waals surface area contributed by atoms with Gasteiger partial charge in [-0.3, -0.25) is 9.00 Å². The zero-order chi connectivity index (χ0) is 10.6. The van der Waals surface area contributed by atoms with Gasteiger partial charge in [0.15, 0.2) is 0 Å². The first-order valence-electron chi connectivity index (χ1n) is 3.00. The monoisotopic (exact) mass is 215 g/mol. The number of aliphatic carboxylic acids is 1. The van der Waals surface area contributed by atoms with Crippen molar-refractivity contribution in [1.82, 2.24) is 0 Å². The zero-order valence-electron chi connectivity index (χ0n) is 6.33. The maximum Gasteiger partial charge on any atom is 0.375 e. The van der Waals surface area contributed by atoms with Crippen molar-refractivity contribution in [2.24, 2.45) is 5.73 Å². The summed E-state index contributed by atoms with van der Waals surface area (Å²) in [6.45, 7) is 0. The molecule has 0 heterocycles. The smallest absolute Gasteiger partial charge is 0.375 e. The van der Waals surface area contributed by atoms with Gasteiger partial charge in [0.1, 0.15) is 5.75 Å². The molecule has 0 saturated heterocycles. The summed E-state index contributed by atoms with van der Waals surface area (Å²) in [7, 11) is -2.25. The molecule has 0 spiro atoms. The Morgan fingerprint density at radius 3 is 2.23 bits per heavy atom. The summed E-state index contributed by atoms with van der Waals surface area (Å²) < 4.78 is 35.2. The predicted molar refractivity (Wildman–Crippen MR) is 39.7 cm³/mol. The lowest BCUT2D eigenvalue weighted by Crippen LogP contribution is -2.36. The molecule has 0 aromatic carbocycles. The molecule has 13 heavy (non-hydrogen) atoms. The van der Waals surface area contributed by atoms with Crippen LogP contribution < -0.4 is 5.73 Å². The minimum absolute atomic E-state index is 0.761. The van der Waals surface area contributed by atoms with Crippen LogP contribution in [-0.4, -0.2) is 38.6 Å². The second kappa shape index (κ2) is 4.26. The molecule has 0 aromatic rings. The van der Waals surface area contributed by atoms with E-state index in [2.05, 4.69) is 5.73 Å². The number of primary amides is 1. The van der Waals surface area contributed by atoms with Gasteiger partial charge in [0.2, 0.25) is 5.91 Å². The lowest BCUT2D eigenvalue weighted by Gasteiger charge is -2.08. The molecule has 5 nitrogen and oxygen atoms in total. The van der Waals surface area contributed by atoms with Gasteiger partial charge in [0.05, 0.1) is 5.75 Å². The molecule has 0 aliphatic heterocycles. The van der Waals surface area contributed by atoms with Gasteiger partial charge in [-0.2, -0.15) is 8.78 Å². The van der Waals surface area contributed by atoms with E-state index in [4.69, 9.17) is 5.11 Å². The van der Waals surface area contributed by atoms with Gasteiger partial charge in [0.25, 0.3) is 0 Å². The molecule has 76 valence electrons. The quantitative estimate of drug-likeness (QED) is 0.610. The van der Waals surface area contributed by atoms with E-state index in [0.717, 1.165) is 0 Å². The van der Waals surface area contributed by atoms with Crippen molar-refractivity contribution >= 4 is 22.7 Å². The lowest BCUT2D eigenvalue weighted by molar-refractivity contribution is -0.161. The molecule has 0 aromatic heterocycles. The first-order valence-corrected chi connectivity index (χ1v) is 4.49. The molecule has 0 radical (unpaired) electrons. The molecule has 0 saturated carbocycles. The summed E-state index contributed by atoms with van der Waals surface area (Å²) in [4.78, 5) is 19.9. The second-order valence-corrected chi connectivity index (χ2v) is 3.66. The highest BCUT2D eigenvalue weighted by Crippen LogP contribution is 2.14. The molecule has 0 rings (SSSR count). The van der Waals surface area contributed by atoms with E-state index < -0.39 is 40.1 Å². The maximum absolute atomic E-state index is 12.3. The van der Waals surface area contributed by atoms with Crippen molar-refractivity contribution in [3.05, 3.63) is 0 Å². The minimum atomic E-state index is -4.08. The van der Waals surface area contributed by atoms with Crippen LogP contribution in [0.25, 0.3) is 0 Å². The van der Waals surface area contributed by atoms with Crippen molar-refractivity contribution in [1.29, 1.82) is 0 Å². The highest BCUT2D eigenvalue weighted by Gasteiger charge is 2.40. The van der Waals surface area contributed by atoms with Crippen LogP contribution in [0.1, 0.15) is 0 Å². The number of hydrogen-bond acceptors (Lipinski definition) is 3. The highest BCUT2D eigenvalue weighted by atomic mass is 32.2. The van der Waals surface area contributed by atoms with E-state index in [1.807, 2.05) is 0 Å². The van der Waals surface area contributed by atoms with E-state index in [9.17, 15) is 22.6 Å². The molecule has 0 fully saturated rings. The molecule has 0 aliphatic carbocycles. The summed E-state index contributed by atoms with van der Waals surface area (Å²) in [6.07, 6.45) is 0. The number of halogens is 2. The van der Waals surface area contributed by atoms with E-state index in [-0.39, 0.29) is 0 Å². The van der Waals surface area contributed by atoms with Crippen molar-refractivity contribution in [2.45, 2.75) is 5.92 Å². The van der Waals surface area contributed by atoms with E-state index in [0.29, 0.717) is 0 Å². The van der Waals surface area contributed by atoms with Gasteiger partial charge >= 0.3 is 11.9 Å². The maximum atomic E-state index is 12.3. The van der Waals surface area contributed by atoms with Crippen LogP contribution in [0.4, 0.5) is 8.78 Å². The number of alkyl halides is 2. The van der Waals surface area contributed by atoms with Crippen LogP contribution in [0.15, 0.2) is 0 Å². The fourth-order valence-electron chi connectivity index (χ4n) is 0.474. The van der Waals surface area contributed by atoms with Crippen molar-refractivity contribution in [3.63, 3.8) is 0 Å². The Labute approximate surface area is 74.4 Å². The van der Waals surface area contributed by atoms with Crippen LogP contribution in [0.2, 0.25) is 0 Å². The first kappa shape index (κ1) is 11.9. The van der Waals surface area contributed by atoms with Gasteiger partial charge < -0.3 is 10.8 Å². The summed E-state index contributed by atoms with van der Waals surface area (Å²) in [6, 6.07) is 0. The number of nitrogens with two attached hydrogens (primary N) is 1. The molecule has 8 heteroatoms. The molecular formula is C5H7F2NO4S. The number of hydrogen-bond donors (Lipinski definition) is 2. The van der Waals surface area contributed by atoms with Gasteiger partial charge in [0, 0.05) is 10.8 Å². The highest BCUT2D eigenvalue weighted by molar-refractivity contribution is 7.85. The summed E-state index contributed by atoms with van der Waals surface area (Å²) in [5.41, 5.74) is 4.56. The predicted octanol–water partition coefficient (Wildman–Crippen LogP) is -1.06. The topological polar surface area (TPSA) is 97.5 Å². The van der Waals surface area contributed by atoms with Crippen LogP contribution in [0, 0.1) is 0 Å². The Hall–Kier alpha value is -1.05. The van der Waals surface area contributed by atoms with Crippen molar-refractivity contribution in [3.8, 4) is 0 Å². The van der Waals surface area contributed by atoms with Gasteiger partial charge in [-0.05, 0) is 0 Å². The van der Waals surface area contributed by atoms with E-state index in [1.54, 1.807) is 0 Å². The number of carboxylic acids is 1. The molecule has 0 bridgehead atoms. The van der Waals surface area contributed by atoms with Gasteiger partial charge in [-0.1, -0.05) is 0 Å². The van der Waals surface area contributed by atoms with Gasteiger partial charge in [-0.25, -0.2) is 4.79 Å². The largest absolute Gasteiger partial charge is 0.477 e. The van der Waals surface area contributed by atoms with E-state index in [1.165, 1.54) is 0 Å². The number of rotatable bonds is 5. The number of carboxylic acid groups (broad SMARTS) is 1. The Kier molecular flexibility index (Phi) is 3.92. The third kappa shape index (κ3) is 4.51. The molecule has 1 atom stereocenters. The Morgan fingerprint density at radius 1 is 1.46 bits per heavy atom. The SMILES string of the molecule is NC(=O)CS(=O)CC(F)(F)C(=O)O. The van der Waals surface area contributed by atoms with Crippen molar-refractivity contribution < 1.29 is 27.7 Å². The second-order valence-electron chi connectivity index (χ2n) is 2.20. The third-order valence-corrected chi connectivity index (χ3v) is 2.25. The number of carbonyl (C=O) groups is 2. The summed E-state index contributed by atoms with van der Waals surface area (Å²) in [5.74, 6) is -9.63. The Bertz CT molecular complexity index is 255. The fraction of sp³-hybridized carbons (Fsp3) is 0.600. The normalized spacial score (nSPS) is 13.7. The standard InChI is InChI=1S/C5H7F2NO4S/c6-5(7,4(10)11)2-13(12)1-3(8)9/h1-2H2,(H2,8,9)(H,10,11). The summed E-state index contributed by atoms with van der Waals surface area (Å²) >= 11 is 0. The van der Waals surface area contributed by atoms with Crippen LogP contribution in [0.5, 0.6) is 0 Å². The number of amides is 1. The lowest BCUT2D eigenvalue weighted by atomic mass is 10.4. The first-order chi connectivity index (χ1) is 5.75. The average Bonchev–Trinajstić information content (AvgIpc) is 1.82. The molecule has 0 aliphatic rings. The van der Waals surface area contributed by atoms with Crippen LogP contribution in [-0.2, 0) is 20.4 Å². The molecule has 3 N–H and O–H groups in total. The van der Waals surface area contributed by atoms with Gasteiger partial charge in [-0.15, -0.1) is 0 Å². The van der Waals surface area contributed by atoms with Crippen LogP contribution in [0.3, 0.4) is 0 Å². The molecule has 1 amide bonds. The minimum Gasteiger partial charge on any atom is -0.477 e. The number of carbonyl (C=O) groups excluding carboxylic acids is 1. The fourth-order valence-corrected chi connectivity index (χ4v) is 1.42. The molecule has 1 unspecified atom stereocenters. The van der Waals surface area contributed by atoms with E-state index >= 15 is 0 Å². The Morgan fingerprint density at radius 2 is 1.92 bits per heavy atom. The average molecular weight is 215 g/mol. The molecular weight excluding hydrogens is 208 g/mol. The Balaban J connectivity index is 4.20.